The first-order valence-corrected chi connectivity index (χ1v) is 16.4. The molecule has 0 saturated carbocycles. The fraction of sp³-hybridized carbons (Fsp3) is 0.314. The Bertz CT molecular complexity index is 1640. The van der Waals surface area contributed by atoms with Crippen LogP contribution in [0.25, 0.3) is 11.1 Å². The molecule has 3 heterocycles. The predicted octanol–water partition coefficient (Wildman–Crippen LogP) is 6.76. The lowest BCUT2D eigenvalue weighted by molar-refractivity contribution is 0.255. The summed E-state index contributed by atoms with van der Waals surface area (Å²) in [5, 5.41) is 3.54. The Hall–Kier alpha value is -3.45. The number of benzene rings is 4. The topological polar surface area (TPSA) is 52.6 Å². The maximum Gasteiger partial charge on any atom is 0.219 e. The molecule has 4 aromatic carbocycles. The van der Waals surface area contributed by atoms with E-state index in [0.29, 0.717) is 12.5 Å². The second kappa shape index (κ2) is 10.8. The van der Waals surface area contributed by atoms with Crippen LogP contribution in [0.15, 0.2) is 97.1 Å². The van der Waals surface area contributed by atoms with Gasteiger partial charge in [-0.05, 0) is 90.0 Å². The Kier molecular flexibility index (Phi) is 6.93. The monoisotopic (exact) mass is 563 g/mol. The number of hydrogen-bond donors (Lipinski definition) is 1. The second-order valence-electron chi connectivity index (χ2n) is 11.9. The van der Waals surface area contributed by atoms with Crippen molar-refractivity contribution in [3.05, 3.63) is 125 Å². The Morgan fingerprint density at radius 2 is 1.51 bits per heavy atom. The van der Waals surface area contributed by atoms with Crippen LogP contribution in [-0.4, -0.2) is 44.3 Å². The largest absolute Gasteiger partial charge is 0.384 e. The van der Waals surface area contributed by atoms with Gasteiger partial charge in [0.1, 0.15) is 0 Å². The third kappa shape index (κ3) is 5.09. The molecule has 5 nitrogen and oxygen atoms in total. The van der Waals surface area contributed by atoms with E-state index in [2.05, 4.69) is 77.9 Å². The number of sulfonamides is 1. The zero-order valence-electron chi connectivity index (χ0n) is 23.5. The zero-order valence-corrected chi connectivity index (χ0v) is 24.4. The van der Waals surface area contributed by atoms with Crippen LogP contribution in [0.5, 0.6) is 0 Å². The molecule has 2 atom stereocenters. The Balaban J connectivity index is 1.24. The van der Waals surface area contributed by atoms with E-state index in [1.807, 2.05) is 36.4 Å². The van der Waals surface area contributed by atoms with Gasteiger partial charge in [0.15, 0.2) is 0 Å². The Morgan fingerprint density at radius 3 is 2.29 bits per heavy atom. The zero-order chi connectivity index (χ0) is 28.0. The standard InChI is InChI=1S/C35H37N3O2S/c1-37-19-17-28(18-20-37)26-11-13-27(14-12-26)29-15-16-30-23-38(41(39,40)24-25-7-3-2-4-8-25)35(32(30)21-29)33-22-36-34-10-6-5-9-31(33)34/h2-16,21,28,33,35-36H,17-20,22-24H2,1H3/t33?,35-/m1/s1. The summed E-state index contributed by atoms with van der Waals surface area (Å²) in [5.74, 6) is 0.675. The van der Waals surface area contributed by atoms with Gasteiger partial charge in [-0.1, -0.05) is 84.9 Å². The van der Waals surface area contributed by atoms with Crippen molar-refractivity contribution in [3.8, 4) is 11.1 Å². The molecule has 0 amide bonds. The second-order valence-corrected chi connectivity index (χ2v) is 13.8. The smallest absolute Gasteiger partial charge is 0.219 e. The van der Waals surface area contributed by atoms with Gasteiger partial charge in [-0.25, -0.2) is 8.42 Å². The highest BCUT2D eigenvalue weighted by molar-refractivity contribution is 7.88. The van der Waals surface area contributed by atoms with Gasteiger partial charge in [0.2, 0.25) is 10.0 Å². The summed E-state index contributed by atoms with van der Waals surface area (Å²) in [4.78, 5) is 2.41. The van der Waals surface area contributed by atoms with E-state index in [-0.39, 0.29) is 17.7 Å². The molecule has 1 N–H and O–H groups in total. The van der Waals surface area contributed by atoms with Gasteiger partial charge < -0.3 is 10.2 Å². The number of nitrogens with one attached hydrogen (secondary N) is 1. The number of piperidine rings is 1. The molecule has 3 aliphatic heterocycles. The molecule has 0 aromatic heterocycles. The molecule has 7 rings (SSSR count). The summed E-state index contributed by atoms with van der Waals surface area (Å²) in [6.07, 6.45) is 2.42. The maximum absolute atomic E-state index is 14.0. The molecular weight excluding hydrogens is 526 g/mol. The van der Waals surface area contributed by atoms with E-state index >= 15 is 0 Å². The summed E-state index contributed by atoms with van der Waals surface area (Å²) in [6, 6.07) is 33.2. The van der Waals surface area contributed by atoms with E-state index in [1.165, 1.54) is 29.5 Å². The van der Waals surface area contributed by atoms with Crippen LogP contribution in [-0.2, 0) is 22.3 Å². The Labute approximate surface area is 243 Å². The molecule has 0 bridgehead atoms. The Morgan fingerprint density at radius 1 is 0.805 bits per heavy atom. The number of likely N-dealkylation sites (tertiary alicyclic amines) is 1. The highest BCUT2D eigenvalue weighted by Gasteiger charge is 2.44. The van der Waals surface area contributed by atoms with Gasteiger partial charge in [0.25, 0.3) is 0 Å². The van der Waals surface area contributed by atoms with E-state index in [1.54, 1.807) is 4.31 Å². The molecule has 0 radical (unpaired) electrons. The van der Waals surface area contributed by atoms with E-state index in [4.69, 9.17) is 0 Å². The number of nitrogens with zero attached hydrogens (tertiary/aromatic N) is 2. The quantitative estimate of drug-likeness (QED) is 0.282. The fourth-order valence-corrected chi connectivity index (χ4v) is 8.78. The van der Waals surface area contributed by atoms with Gasteiger partial charge >= 0.3 is 0 Å². The van der Waals surface area contributed by atoms with Crippen molar-refractivity contribution in [1.82, 2.24) is 9.21 Å². The lowest BCUT2D eigenvalue weighted by atomic mass is 9.86. The maximum atomic E-state index is 14.0. The van der Waals surface area contributed by atoms with E-state index in [9.17, 15) is 8.42 Å². The average Bonchev–Trinajstić information content (AvgIpc) is 3.59. The molecule has 6 heteroatoms. The van der Waals surface area contributed by atoms with Crippen LogP contribution in [0.1, 0.15) is 58.5 Å². The minimum Gasteiger partial charge on any atom is -0.384 e. The van der Waals surface area contributed by atoms with Crippen molar-refractivity contribution in [2.24, 2.45) is 0 Å². The van der Waals surface area contributed by atoms with Gasteiger partial charge in [0, 0.05) is 24.7 Å². The van der Waals surface area contributed by atoms with Crippen LogP contribution in [0.4, 0.5) is 5.69 Å². The van der Waals surface area contributed by atoms with Crippen molar-refractivity contribution < 1.29 is 8.42 Å². The first-order valence-electron chi connectivity index (χ1n) is 14.7. The molecule has 3 aliphatic rings. The van der Waals surface area contributed by atoms with Crippen LogP contribution in [0.2, 0.25) is 0 Å². The number of fused-ring (bicyclic) bond motifs is 2. The van der Waals surface area contributed by atoms with E-state index in [0.717, 1.165) is 47.6 Å². The molecule has 41 heavy (non-hydrogen) atoms. The lowest BCUT2D eigenvalue weighted by Crippen LogP contribution is -2.34. The minimum absolute atomic E-state index is 0.00536. The fourth-order valence-electron chi connectivity index (χ4n) is 7.05. The van der Waals surface area contributed by atoms with Crippen LogP contribution < -0.4 is 5.32 Å². The molecule has 4 aromatic rings. The van der Waals surface area contributed by atoms with Gasteiger partial charge in [-0.15, -0.1) is 0 Å². The van der Waals surface area contributed by atoms with Gasteiger partial charge in [-0.3, -0.25) is 0 Å². The van der Waals surface area contributed by atoms with Crippen LogP contribution in [0.3, 0.4) is 0 Å². The molecule has 210 valence electrons. The lowest BCUT2D eigenvalue weighted by Gasteiger charge is -2.30. The van der Waals surface area contributed by atoms with Crippen molar-refractivity contribution in [1.29, 1.82) is 0 Å². The van der Waals surface area contributed by atoms with Crippen LogP contribution in [0, 0.1) is 0 Å². The van der Waals surface area contributed by atoms with Gasteiger partial charge in [-0.2, -0.15) is 4.31 Å². The van der Waals surface area contributed by atoms with Crippen molar-refractivity contribution in [2.45, 2.75) is 43.0 Å². The summed E-state index contributed by atoms with van der Waals surface area (Å²) in [7, 11) is -1.36. The first-order chi connectivity index (χ1) is 20.0. The van der Waals surface area contributed by atoms with E-state index < -0.39 is 10.0 Å². The average molecular weight is 564 g/mol. The summed E-state index contributed by atoms with van der Waals surface area (Å²) in [5.41, 5.74) is 9.09. The van der Waals surface area contributed by atoms with Crippen molar-refractivity contribution in [2.75, 3.05) is 32.0 Å². The molecule has 0 spiro atoms. The van der Waals surface area contributed by atoms with Crippen molar-refractivity contribution in [3.63, 3.8) is 0 Å². The first kappa shape index (κ1) is 26.4. The number of para-hydroxylation sites is 1. The highest BCUT2D eigenvalue weighted by Crippen LogP contribution is 2.49. The summed E-state index contributed by atoms with van der Waals surface area (Å²) >= 11 is 0. The molecule has 1 saturated heterocycles. The predicted molar refractivity (Wildman–Crippen MR) is 166 cm³/mol. The highest BCUT2D eigenvalue weighted by atomic mass is 32.2. The third-order valence-corrected chi connectivity index (χ3v) is 11.1. The molecule has 1 fully saturated rings. The minimum atomic E-state index is -3.57. The number of anilines is 1. The SMILES string of the molecule is CN1CCC(c2ccc(-c3ccc4c(c3)[C@H](C3CNc5ccccc53)N(S(=O)(=O)Cc3ccccc3)C4)cc2)CC1. The molecular formula is C35H37N3O2S. The van der Waals surface area contributed by atoms with Gasteiger partial charge in [0.05, 0.1) is 11.8 Å². The molecule has 0 aliphatic carbocycles. The third-order valence-electron chi connectivity index (χ3n) is 9.34. The normalized spacial score (nSPS) is 21.4. The van der Waals surface area contributed by atoms with Crippen LogP contribution >= 0.6 is 0 Å². The molecule has 1 unspecified atom stereocenters. The number of hydrogen-bond acceptors (Lipinski definition) is 4. The summed E-state index contributed by atoms with van der Waals surface area (Å²) in [6.45, 7) is 3.43. The number of rotatable bonds is 6. The van der Waals surface area contributed by atoms with Crippen molar-refractivity contribution >= 4 is 15.7 Å². The summed E-state index contributed by atoms with van der Waals surface area (Å²) < 4.78 is 29.8.